The minimum atomic E-state index is 0.566. The first-order valence-corrected chi connectivity index (χ1v) is 4.05. The molecule has 1 aromatic carbocycles. The highest BCUT2D eigenvalue weighted by Crippen LogP contribution is 2.44. The minimum Gasteiger partial charge on any atom is -0.0944 e. The van der Waals surface area contributed by atoms with Crippen LogP contribution in [0, 0.1) is 11.8 Å². The molecule has 0 heterocycles. The van der Waals surface area contributed by atoms with Crippen LogP contribution in [0.15, 0.2) is 24.3 Å². The van der Waals surface area contributed by atoms with Gasteiger partial charge in [0, 0.05) is 11.8 Å². The van der Waals surface area contributed by atoms with E-state index >= 15 is 0 Å². The molecule has 0 saturated carbocycles. The van der Waals surface area contributed by atoms with Crippen molar-refractivity contribution >= 4 is 0 Å². The number of fused-ring (bicyclic) bond motifs is 5. The molecule has 11 heavy (non-hydrogen) atoms. The summed E-state index contributed by atoms with van der Waals surface area (Å²) in [5, 5.41) is 0. The molecule has 2 aliphatic rings. The van der Waals surface area contributed by atoms with Crippen molar-refractivity contribution in [2.24, 2.45) is 0 Å². The zero-order valence-corrected chi connectivity index (χ0v) is 6.17. The first-order chi connectivity index (χ1) is 5.45. The van der Waals surface area contributed by atoms with Gasteiger partial charge in [0.05, 0.1) is 0 Å². The molecular weight excluding hydrogens is 132 g/mol. The Balaban J connectivity index is 2.31. The molecule has 0 fully saturated rings. The number of benzene rings is 1. The molecule has 0 amide bonds. The Morgan fingerprint density at radius 1 is 1.00 bits per heavy atom. The Labute approximate surface area is 66.2 Å². The first-order valence-electron chi connectivity index (χ1n) is 4.05. The summed E-state index contributed by atoms with van der Waals surface area (Å²) in [6, 6.07) is 8.66. The lowest BCUT2D eigenvalue weighted by Gasteiger charge is -2.05. The van der Waals surface area contributed by atoms with Gasteiger partial charge in [-0.05, 0) is 17.5 Å². The molecular formula is C11H8. The van der Waals surface area contributed by atoms with E-state index < -0.39 is 0 Å². The van der Waals surface area contributed by atoms with Crippen LogP contribution in [-0.2, 0) is 0 Å². The summed E-state index contributed by atoms with van der Waals surface area (Å²) < 4.78 is 0. The van der Waals surface area contributed by atoms with Gasteiger partial charge in [-0.15, -0.1) is 0 Å². The van der Waals surface area contributed by atoms with Crippen LogP contribution in [-0.4, -0.2) is 0 Å². The second-order valence-corrected chi connectivity index (χ2v) is 3.26. The van der Waals surface area contributed by atoms with Gasteiger partial charge in [-0.1, -0.05) is 36.1 Å². The summed E-state index contributed by atoms with van der Waals surface area (Å²) in [5.41, 5.74) is 2.97. The summed E-state index contributed by atoms with van der Waals surface area (Å²) in [6.45, 7) is 0. The summed E-state index contributed by atoms with van der Waals surface area (Å²) in [5.74, 6) is 7.66. The van der Waals surface area contributed by atoms with E-state index in [1.807, 2.05) is 0 Å². The molecule has 0 spiro atoms. The highest BCUT2D eigenvalue weighted by atomic mass is 14.3. The van der Waals surface area contributed by atoms with Crippen molar-refractivity contribution in [3.8, 4) is 11.8 Å². The normalized spacial score (nSPS) is 29.5. The Kier molecular flexibility index (Phi) is 0.830. The van der Waals surface area contributed by atoms with E-state index in [0.29, 0.717) is 11.8 Å². The van der Waals surface area contributed by atoms with Gasteiger partial charge in [-0.2, -0.15) is 0 Å². The lowest BCUT2D eigenvalue weighted by Crippen LogP contribution is -1.90. The van der Waals surface area contributed by atoms with Crippen LogP contribution in [0.3, 0.4) is 0 Å². The third-order valence-electron chi connectivity index (χ3n) is 2.65. The van der Waals surface area contributed by atoms with Crippen LogP contribution >= 0.6 is 0 Å². The Morgan fingerprint density at radius 2 is 1.55 bits per heavy atom. The molecule has 0 N–H and O–H groups in total. The van der Waals surface area contributed by atoms with E-state index in [1.54, 1.807) is 0 Å². The van der Waals surface area contributed by atoms with Crippen LogP contribution in [0.4, 0.5) is 0 Å². The van der Waals surface area contributed by atoms with Crippen molar-refractivity contribution in [2.75, 3.05) is 0 Å². The molecule has 0 aromatic heterocycles. The van der Waals surface area contributed by atoms with E-state index in [1.165, 1.54) is 17.5 Å². The van der Waals surface area contributed by atoms with Gasteiger partial charge in [0.1, 0.15) is 0 Å². The summed E-state index contributed by atoms with van der Waals surface area (Å²) >= 11 is 0. The topological polar surface area (TPSA) is 0 Å². The lowest BCUT2D eigenvalue weighted by molar-refractivity contribution is 0.815. The number of hydrogen-bond donors (Lipinski definition) is 0. The van der Waals surface area contributed by atoms with Gasteiger partial charge in [-0.25, -0.2) is 0 Å². The van der Waals surface area contributed by atoms with E-state index in [4.69, 9.17) is 0 Å². The fourth-order valence-corrected chi connectivity index (χ4v) is 2.11. The summed E-state index contributed by atoms with van der Waals surface area (Å²) in [6.07, 6.45) is 1.22. The second kappa shape index (κ2) is 1.68. The summed E-state index contributed by atoms with van der Waals surface area (Å²) in [7, 11) is 0. The molecule has 0 nitrogen and oxygen atoms in total. The predicted octanol–water partition coefficient (Wildman–Crippen LogP) is 2.27. The van der Waals surface area contributed by atoms with Crippen LogP contribution in [0.5, 0.6) is 0 Å². The minimum absolute atomic E-state index is 0.566. The van der Waals surface area contributed by atoms with Crippen molar-refractivity contribution < 1.29 is 0 Å². The van der Waals surface area contributed by atoms with Gasteiger partial charge in [0.25, 0.3) is 0 Å². The van der Waals surface area contributed by atoms with Crippen molar-refractivity contribution in [2.45, 2.75) is 18.3 Å². The monoisotopic (exact) mass is 140 g/mol. The first kappa shape index (κ1) is 5.43. The standard InChI is InChI=1S/C11H8/c1-2-4-11-9-6-5-8(7-9)10(11)3-1/h1-4,8-9H,7H2/t8-,9+. The molecule has 1 aromatic rings. The Hall–Kier alpha value is -1.22. The van der Waals surface area contributed by atoms with Crippen LogP contribution < -0.4 is 0 Å². The van der Waals surface area contributed by atoms with Crippen molar-refractivity contribution in [1.82, 2.24) is 0 Å². The van der Waals surface area contributed by atoms with Crippen molar-refractivity contribution in [3.63, 3.8) is 0 Å². The SMILES string of the molecule is C1#C[C@H]2C[C@@H]1c1ccccc12. The molecule has 52 valence electrons. The Bertz CT molecular complexity index is 332. The average Bonchev–Trinajstić information content (AvgIpc) is 2.64. The van der Waals surface area contributed by atoms with E-state index in [9.17, 15) is 0 Å². The van der Waals surface area contributed by atoms with Crippen LogP contribution in [0.25, 0.3) is 0 Å². The maximum absolute atomic E-state index is 3.26. The van der Waals surface area contributed by atoms with Crippen molar-refractivity contribution in [1.29, 1.82) is 0 Å². The van der Waals surface area contributed by atoms with E-state index in [0.717, 1.165) is 0 Å². The molecule has 0 unspecified atom stereocenters. The van der Waals surface area contributed by atoms with Gasteiger partial charge < -0.3 is 0 Å². The molecule has 3 rings (SSSR count). The third kappa shape index (κ3) is 0.563. The van der Waals surface area contributed by atoms with E-state index in [-0.39, 0.29) is 0 Å². The second-order valence-electron chi connectivity index (χ2n) is 3.26. The average molecular weight is 140 g/mol. The largest absolute Gasteiger partial charge is 0.0944 e. The number of hydrogen-bond acceptors (Lipinski definition) is 0. The molecule has 2 atom stereocenters. The van der Waals surface area contributed by atoms with Crippen LogP contribution in [0.1, 0.15) is 29.4 Å². The molecule has 0 heteroatoms. The molecule has 2 bridgehead atoms. The fourth-order valence-electron chi connectivity index (χ4n) is 2.11. The zero-order valence-electron chi connectivity index (χ0n) is 6.17. The van der Waals surface area contributed by atoms with Gasteiger partial charge in [0.15, 0.2) is 0 Å². The molecule has 2 aliphatic carbocycles. The van der Waals surface area contributed by atoms with Crippen LogP contribution in [0.2, 0.25) is 0 Å². The maximum Gasteiger partial charge on any atom is 0.0470 e. The Morgan fingerprint density at radius 3 is 2.09 bits per heavy atom. The predicted molar refractivity (Wildman–Crippen MR) is 44.3 cm³/mol. The number of rotatable bonds is 0. The van der Waals surface area contributed by atoms with Crippen molar-refractivity contribution in [3.05, 3.63) is 35.4 Å². The maximum atomic E-state index is 3.26. The summed E-state index contributed by atoms with van der Waals surface area (Å²) in [4.78, 5) is 0. The highest BCUT2D eigenvalue weighted by molar-refractivity contribution is 5.51. The zero-order chi connectivity index (χ0) is 7.26. The highest BCUT2D eigenvalue weighted by Gasteiger charge is 2.31. The fraction of sp³-hybridized carbons (Fsp3) is 0.273. The molecule has 0 radical (unpaired) electrons. The quantitative estimate of drug-likeness (QED) is 0.485. The molecule has 0 saturated heterocycles. The molecule has 0 aliphatic heterocycles. The van der Waals surface area contributed by atoms with Gasteiger partial charge >= 0.3 is 0 Å². The van der Waals surface area contributed by atoms with Gasteiger partial charge in [0.2, 0.25) is 0 Å². The lowest BCUT2D eigenvalue weighted by atomic mass is 9.99. The van der Waals surface area contributed by atoms with Gasteiger partial charge in [-0.3, -0.25) is 0 Å². The smallest absolute Gasteiger partial charge is 0.0470 e. The third-order valence-corrected chi connectivity index (χ3v) is 2.65. The van der Waals surface area contributed by atoms with E-state index in [2.05, 4.69) is 36.1 Å².